The Morgan fingerprint density at radius 3 is 2.57 bits per heavy atom. The molecule has 0 bridgehead atoms. The minimum absolute atomic E-state index is 0.340. The molecule has 0 saturated carbocycles. The molecule has 0 heterocycles. The minimum atomic E-state index is -0.340. The first-order valence-corrected chi connectivity index (χ1v) is 7.45. The predicted octanol–water partition coefficient (Wildman–Crippen LogP) is 3.84. The van der Waals surface area contributed by atoms with Crippen molar-refractivity contribution in [2.24, 2.45) is 0 Å². The maximum absolute atomic E-state index is 11.6. The highest BCUT2D eigenvalue weighted by atomic mass is 16.5. The van der Waals surface area contributed by atoms with Crippen LogP contribution in [0.25, 0.3) is 6.08 Å². The van der Waals surface area contributed by atoms with Crippen LogP contribution in [0.4, 0.5) is 0 Å². The summed E-state index contributed by atoms with van der Waals surface area (Å²) in [5.74, 6) is 1.13. The molecule has 1 aromatic rings. The van der Waals surface area contributed by atoms with Gasteiger partial charge in [-0.25, -0.2) is 4.79 Å². The summed E-state index contributed by atoms with van der Waals surface area (Å²) < 4.78 is 16.1. The van der Waals surface area contributed by atoms with Crippen LogP contribution in [0.2, 0.25) is 0 Å². The highest BCUT2D eigenvalue weighted by molar-refractivity contribution is 5.87. The van der Waals surface area contributed by atoms with Gasteiger partial charge < -0.3 is 14.2 Å². The van der Waals surface area contributed by atoms with Crippen molar-refractivity contribution in [2.75, 3.05) is 19.8 Å². The van der Waals surface area contributed by atoms with Crippen LogP contribution in [-0.2, 0) is 9.53 Å². The van der Waals surface area contributed by atoms with Gasteiger partial charge in [-0.1, -0.05) is 13.3 Å². The second-order valence-corrected chi connectivity index (χ2v) is 4.42. The molecule has 1 aromatic carbocycles. The average molecular weight is 292 g/mol. The summed E-state index contributed by atoms with van der Waals surface area (Å²) in [5.41, 5.74) is 0.801. The van der Waals surface area contributed by atoms with Crippen LogP contribution in [0.3, 0.4) is 0 Å². The zero-order valence-corrected chi connectivity index (χ0v) is 13.1. The number of hydrogen-bond acceptors (Lipinski definition) is 4. The fourth-order valence-electron chi connectivity index (χ4n) is 1.72. The van der Waals surface area contributed by atoms with Crippen molar-refractivity contribution in [3.63, 3.8) is 0 Å². The Hall–Kier alpha value is -1.97. The Balaban J connectivity index is 2.77. The fraction of sp³-hybridized carbons (Fsp3) is 0.471. The molecular weight excluding hydrogens is 268 g/mol. The molecule has 1 rings (SSSR count). The summed E-state index contributed by atoms with van der Waals surface area (Å²) in [4.78, 5) is 11.6. The molecule has 0 aliphatic heterocycles. The highest BCUT2D eigenvalue weighted by Crippen LogP contribution is 2.25. The zero-order chi connectivity index (χ0) is 15.5. The van der Waals surface area contributed by atoms with Crippen molar-refractivity contribution in [1.29, 1.82) is 0 Å². The number of hydrogen-bond donors (Lipinski definition) is 0. The molecule has 116 valence electrons. The normalized spacial score (nSPS) is 10.6. The molecule has 4 heteroatoms. The molecule has 0 spiro atoms. The lowest BCUT2D eigenvalue weighted by atomic mass is 10.1. The standard InChI is InChI=1S/C17H24O4/c1-4-7-12-21-17(18)11-8-14-13-15(19-5-2)9-10-16(14)20-6-3/h8-11,13H,4-7,12H2,1-3H3. The second-order valence-electron chi connectivity index (χ2n) is 4.42. The number of carbonyl (C=O) groups excluding carboxylic acids is 1. The summed E-state index contributed by atoms with van der Waals surface area (Å²) in [6.45, 7) is 7.51. The van der Waals surface area contributed by atoms with E-state index in [0.717, 1.165) is 29.9 Å². The third kappa shape index (κ3) is 6.34. The van der Waals surface area contributed by atoms with Gasteiger partial charge in [-0.15, -0.1) is 0 Å². The van der Waals surface area contributed by atoms with Crippen molar-refractivity contribution >= 4 is 12.0 Å². The van der Waals surface area contributed by atoms with Gasteiger partial charge in [-0.3, -0.25) is 0 Å². The molecule has 0 saturated heterocycles. The lowest BCUT2D eigenvalue weighted by Crippen LogP contribution is -2.02. The first-order valence-electron chi connectivity index (χ1n) is 7.45. The highest BCUT2D eigenvalue weighted by Gasteiger charge is 2.04. The van der Waals surface area contributed by atoms with Gasteiger partial charge in [-0.2, -0.15) is 0 Å². The van der Waals surface area contributed by atoms with Crippen molar-refractivity contribution in [3.05, 3.63) is 29.8 Å². The summed E-state index contributed by atoms with van der Waals surface area (Å²) in [7, 11) is 0. The molecule has 0 aliphatic carbocycles. The van der Waals surface area contributed by atoms with Crippen LogP contribution < -0.4 is 9.47 Å². The molecule has 21 heavy (non-hydrogen) atoms. The van der Waals surface area contributed by atoms with Gasteiger partial charge in [-0.05, 0) is 44.5 Å². The summed E-state index contributed by atoms with van der Waals surface area (Å²) >= 11 is 0. The Bertz CT molecular complexity index is 466. The molecule has 0 fully saturated rings. The predicted molar refractivity (Wildman–Crippen MR) is 83.7 cm³/mol. The molecule has 4 nitrogen and oxygen atoms in total. The quantitative estimate of drug-likeness (QED) is 0.394. The van der Waals surface area contributed by atoms with E-state index >= 15 is 0 Å². The lowest BCUT2D eigenvalue weighted by molar-refractivity contribution is -0.137. The van der Waals surface area contributed by atoms with Gasteiger partial charge in [0.05, 0.1) is 19.8 Å². The van der Waals surface area contributed by atoms with Gasteiger partial charge >= 0.3 is 5.97 Å². The number of ether oxygens (including phenoxy) is 3. The van der Waals surface area contributed by atoms with E-state index in [-0.39, 0.29) is 5.97 Å². The lowest BCUT2D eigenvalue weighted by Gasteiger charge is -2.10. The smallest absolute Gasteiger partial charge is 0.330 e. The van der Waals surface area contributed by atoms with E-state index < -0.39 is 0 Å². The fourth-order valence-corrected chi connectivity index (χ4v) is 1.72. The topological polar surface area (TPSA) is 44.8 Å². The molecule has 0 atom stereocenters. The third-order valence-electron chi connectivity index (χ3n) is 2.73. The second kappa shape index (κ2) is 9.86. The number of rotatable bonds is 9. The first-order chi connectivity index (χ1) is 10.2. The van der Waals surface area contributed by atoms with Crippen LogP contribution in [-0.4, -0.2) is 25.8 Å². The van der Waals surface area contributed by atoms with Crippen LogP contribution in [0.1, 0.15) is 39.2 Å². The van der Waals surface area contributed by atoms with E-state index in [1.807, 2.05) is 32.0 Å². The maximum atomic E-state index is 11.6. The first kappa shape index (κ1) is 17.1. The van der Waals surface area contributed by atoms with Crippen LogP contribution in [0.15, 0.2) is 24.3 Å². The molecule has 0 radical (unpaired) electrons. The van der Waals surface area contributed by atoms with E-state index in [0.29, 0.717) is 19.8 Å². The molecule has 0 aromatic heterocycles. The number of benzene rings is 1. The van der Waals surface area contributed by atoms with Crippen molar-refractivity contribution < 1.29 is 19.0 Å². The number of esters is 1. The van der Waals surface area contributed by atoms with E-state index in [1.165, 1.54) is 6.08 Å². The Kier molecular flexibility index (Phi) is 8.02. The molecule has 0 aliphatic rings. The van der Waals surface area contributed by atoms with Gasteiger partial charge in [0.1, 0.15) is 11.5 Å². The monoisotopic (exact) mass is 292 g/mol. The van der Waals surface area contributed by atoms with Crippen LogP contribution in [0, 0.1) is 0 Å². The van der Waals surface area contributed by atoms with Gasteiger partial charge in [0.15, 0.2) is 0 Å². The van der Waals surface area contributed by atoms with Crippen LogP contribution >= 0.6 is 0 Å². The van der Waals surface area contributed by atoms with Crippen molar-refractivity contribution in [1.82, 2.24) is 0 Å². The summed E-state index contributed by atoms with van der Waals surface area (Å²) in [5, 5.41) is 0. The van der Waals surface area contributed by atoms with Gasteiger partial charge in [0.2, 0.25) is 0 Å². The molecule has 0 amide bonds. The molecule has 0 unspecified atom stereocenters. The van der Waals surface area contributed by atoms with E-state index in [1.54, 1.807) is 6.08 Å². The number of carbonyl (C=O) groups is 1. The molecular formula is C17H24O4. The number of unbranched alkanes of at least 4 members (excludes halogenated alkanes) is 1. The van der Waals surface area contributed by atoms with Gasteiger partial charge in [0, 0.05) is 11.6 Å². The SMILES string of the molecule is CCCCOC(=O)C=Cc1cc(OCC)ccc1OCC. The third-order valence-corrected chi connectivity index (χ3v) is 2.73. The Morgan fingerprint density at radius 2 is 1.90 bits per heavy atom. The summed E-state index contributed by atoms with van der Waals surface area (Å²) in [6.07, 6.45) is 5.00. The average Bonchev–Trinajstić information content (AvgIpc) is 2.48. The van der Waals surface area contributed by atoms with Gasteiger partial charge in [0.25, 0.3) is 0 Å². The van der Waals surface area contributed by atoms with E-state index in [4.69, 9.17) is 14.2 Å². The van der Waals surface area contributed by atoms with Crippen LogP contribution in [0.5, 0.6) is 11.5 Å². The Labute approximate surface area is 126 Å². The van der Waals surface area contributed by atoms with Crippen molar-refractivity contribution in [3.8, 4) is 11.5 Å². The van der Waals surface area contributed by atoms with Crippen molar-refractivity contribution in [2.45, 2.75) is 33.6 Å². The Morgan fingerprint density at radius 1 is 1.14 bits per heavy atom. The molecule has 0 N–H and O–H groups in total. The summed E-state index contributed by atoms with van der Waals surface area (Å²) in [6, 6.07) is 5.55. The van der Waals surface area contributed by atoms with E-state index in [9.17, 15) is 4.79 Å². The van der Waals surface area contributed by atoms with E-state index in [2.05, 4.69) is 6.92 Å². The zero-order valence-electron chi connectivity index (χ0n) is 13.1. The largest absolute Gasteiger partial charge is 0.494 e. The maximum Gasteiger partial charge on any atom is 0.330 e. The minimum Gasteiger partial charge on any atom is -0.494 e.